The molecule has 0 bridgehead atoms. The number of furan rings is 1. The summed E-state index contributed by atoms with van der Waals surface area (Å²) >= 11 is 0. The third-order valence-corrected chi connectivity index (χ3v) is 10.9. The molecule has 4 heterocycles. The Bertz CT molecular complexity index is 3040. The maximum atomic E-state index is 6.88. The van der Waals surface area contributed by atoms with Crippen molar-refractivity contribution in [1.29, 1.82) is 0 Å². The van der Waals surface area contributed by atoms with Gasteiger partial charge in [-0.1, -0.05) is 127 Å². The van der Waals surface area contributed by atoms with E-state index in [2.05, 4.69) is 161 Å². The van der Waals surface area contributed by atoms with E-state index in [1.807, 2.05) is 0 Å². The molecule has 0 fully saturated rings. The van der Waals surface area contributed by atoms with Gasteiger partial charge in [0.05, 0.1) is 11.4 Å². The van der Waals surface area contributed by atoms with Crippen LogP contribution in [-0.4, -0.2) is 11.3 Å². The average molecular weight is 609 g/mol. The normalized spacial score (nSPS) is 13.3. The highest BCUT2D eigenvalue weighted by atomic mass is 16.3. The summed E-state index contributed by atoms with van der Waals surface area (Å²) in [6.45, 7) is -0.0456. The van der Waals surface area contributed by atoms with E-state index in [1.165, 1.54) is 82.5 Å². The van der Waals surface area contributed by atoms with E-state index in [0.717, 1.165) is 21.9 Å². The van der Waals surface area contributed by atoms with Gasteiger partial charge in [-0.25, -0.2) is 0 Å². The number of hydrogen-bond acceptors (Lipinski definition) is 2. The first-order chi connectivity index (χ1) is 23.8. The molecule has 0 spiro atoms. The molecule has 220 valence electrons. The molecular formula is C44H25BN2O. The molecule has 8 aromatic carbocycles. The molecule has 0 amide bonds. The van der Waals surface area contributed by atoms with Crippen LogP contribution in [0.4, 0.5) is 17.1 Å². The van der Waals surface area contributed by atoms with E-state index in [1.54, 1.807) is 0 Å². The van der Waals surface area contributed by atoms with Crippen LogP contribution < -0.4 is 15.8 Å². The van der Waals surface area contributed by atoms with Crippen molar-refractivity contribution < 1.29 is 4.42 Å². The predicted molar refractivity (Wildman–Crippen MR) is 202 cm³/mol. The molecule has 12 rings (SSSR count). The number of para-hydroxylation sites is 3. The van der Waals surface area contributed by atoms with Gasteiger partial charge in [-0.15, -0.1) is 0 Å². The van der Waals surface area contributed by atoms with Gasteiger partial charge in [0.15, 0.2) is 0 Å². The van der Waals surface area contributed by atoms with Gasteiger partial charge in [-0.3, -0.25) is 0 Å². The van der Waals surface area contributed by atoms with Gasteiger partial charge in [-0.2, -0.15) is 0 Å². The molecule has 0 N–H and O–H groups in total. The molecule has 10 aromatic rings. The molecule has 4 heteroatoms. The number of nitrogens with zero attached hydrogens (tertiary/aromatic N) is 2. The number of hydrogen-bond donors (Lipinski definition) is 0. The number of fused-ring (bicyclic) bond motifs is 14. The van der Waals surface area contributed by atoms with Gasteiger partial charge in [0.25, 0.3) is 0 Å². The summed E-state index contributed by atoms with van der Waals surface area (Å²) in [5.74, 6) is 0. The minimum Gasteiger partial charge on any atom is -0.455 e. The van der Waals surface area contributed by atoms with Crippen molar-refractivity contribution in [3.05, 3.63) is 152 Å². The highest BCUT2D eigenvalue weighted by Gasteiger charge is 2.45. The van der Waals surface area contributed by atoms with E-state index in [4.69, 9.17) is 4.42 Å². The minimum absolute atomic E-state index is 0.0456. The Kier molecular flexibility index (Phi) is 4.54. The SMILES string of the molecule is c1ccc2c(N3c4cc5c(oc6ccccc65)c5c4B(c4ccc6ccccc6c43)n3c4ccccc4c4cccc-5c43)cccc2c1. The largest absolute Gasteiger partial charge is 0.455 e. The quantitative estimate of drug-likeness (QED) is 0.173. The van der Waals surface area contributed by atoms with Crippen LogP contribution in [-0.2, 0) is 0 Å². The van der Waals surface area contributed by atoms with E-state index in [9.17, 15) is 0 Å². The van der Waals surface area contributed by atoms with Gasteiger partial charge >= 0.3 is 6.85 Å². The van der Waals surface area contributed by atoms with Crippen molar-refractivity contribution in [3.63, 3.8) is 0 Å². The number of aromatic nitrogens is 1. The molecule has 0 atom stereocenters. The number of benzene rings is 8. The smallest absolute Gasteiger partial charge is 0.333 e. The lowest BCUT2D eigenvalue weighted by Crippen LogP contribution is -2.56. The summed E-state index contributed by atoms with van der Waals surface area (Å²) in [4.78, 5) is 2.56. The van der Waals surface area contributed by atoms with Gasteiger partial charge in [-0.05, 0) is 46.0 Å². The maximum Gasteiger partial charge on any atom is 0.333 e. The van der Waals surface area contributed by atoms with Crippen LogP contribution in [0.2, 0.25) is 0 Å². The summed E-state index contributed by atoms with van der Waals surface area (Å²) < 4.78 is 9.50. The van der Waals surface area contributed by atoms with Gasteiger partial charge in [0.1, 0.15) is 11.2 Å². The second-order valence-electron chi connectivity index (χ2n) is 13.2. The highest BCUT2D eigenvalue weighted by molar-refractivity contribution is 6.90. The molecule has 2 aromatic heterocycles. The topological polar surface area (TPSA) is 21.3 Å². The Morgan fingerprint density at radius 2 is 1.19 bits per heavy atom. The van der Waals surface area contributed by atoms with Crippen molar-refractivity contribution in [3.8, 4) is 11.1 Å². The molecule has 2 aliphatic heterocycles. The van der Waals surface area contributed by atoms with Crippen LogP contribution in [0.3, 0.4) is 0 Å². The molecular weight excluding hydrogens is 583 g/mol. The lowest BCUT2D eigenvalue weighted by molar-refractivity contribution is 0.670. The van der Waals surface area contributed by atoms with E-state index >= 15 is 0 Å². The second kappa shape index (κ2) is 8.75. The van der Waals surface area contributed by atoms with Crippen LogP contribution >= 0.6 is 0 Å². The average Bonchev–Trinajstić information content (AvgIpc) is 3.69. The lowest BCUT2D eigenvalue weighted by Gasteiger charge is -2.41. The molecule has 48 heavy (non-hydrogen) atoms. The highest BCUT2D eigenvalue weighted by Crippen LogP contribution is 2.51. The first kappa shape index (κ1) is 24.9. The van der Waals surface area contributed by atoms with Crippen molar-refractivity contribution in [2.24, 2.45) is 0 Å². The molecule has 0 saturated heterocycles. The summed E-state index contributed by atoms with van der Waals surface area (Å²) in [5.41, 5.74) is 13.0. The van der Waals surface area contributed by atoms with Crippen LogP contribution in [0.5, 0.6) is 0 Å². The Morgan fingerprint density at radius 3 is 2.08 bits per heavy atom. The van der Waals surface area contributed by atoms with Gasteiger partial charge < -0.3 is 13.8 Å². The van der Waals surface area contributed by atoms with Crippen molar-refractivity contribution in [2.45, 2.75) is 0 Å². The first-order valence-electron chi connectivity index (χ1n) is 16.6. The van der Waals surface area contributed by atoms with Crippen LogP contribution in [0, 0.1) is 0 Å². The van der Waals surface area contributed by atoms with Crippen LogP contribution in [0.15, 0.2) is 156 Å². The summed E-state index contributed by atoms with van der Waals surface area (Å²) in [5, 5.41) is 9.79. The van der Waals surface area contributed by atoms with Crippen molar-refractivity contribution in [1.82, 2.24) is 4.48 Å². The maximum absolute atomic E-state index is 6.88. The Hall–Kier alpha value is -6.26. The molecule has 0 saturated carbocycles. The standard InChI is InChI=1S/C44H25BN2O/c1-3-14-28-26(11-1)13-9-21-36(28)46-38-25-34-31-17-6-8-22-39(31)48-44(34)40-33-19-10-18-32-30-16-5-7-20-37(30)47(42(32)33)45(41(38)40)35-24-23-27-12-2-4-15-29(27)43(35)46/h1-25H. The second-order valence-corrected chi connectivity index (χ2v) is 13.2. The number of anilines is 3. The summed E-state index contributed by atoms with van der Waals surface area (Å²) in [7, 11) is 0. The molecule has 0 radical (unpaired) electrons. The Labute approximate surface area is 275 Å². The Balaban J connectivity index is 1.36. The zero-order chi connectivity index (χ0) is 31.1. The fraction of sp³-hybridized carbons (Fsp3) is 0. The van der Waals surface area contributed by atoms with Crippen molar-refractivity contribution in [2.75, 3.05) is 4.90 Å². The fourth-order valence-electron chi connectivity index (χ4n) is 9.05. The lowest BCUT2D eigenvalue weighted by atomic mass is 9.44. The minimum atomic E-state index is -0.0456. The van der Waals surface area contributed by atoms with E-state index in [-0.39, 0.29) is 6.85 Å². The molecule has 2 aliphatic rings. The fourth-order valence-corrected chi connectivity index (χ4v) is 9.05. The molecule has 3 nitrogen and oxygen atoms in total. The monoisotopic (exact) mass is 608 g/mol. The first-order valence-corrected chi connectivity index (χ1v) is 16.6. The third kappa shape index (κ3) is 2.93. The van der Waals surface area contributed by atoms with E-state index < -0.39 is 0 Å². The Morgan fingerprint density at radius 1 is 0.500 bits per heavy atom. The molecule has 0 aliphatic carbocycles. The number of rotatable bonds is 1. The van der Waals surface area contributed by atoms with Crippen molar-refractivity contribution >= 4 is 100 Å². The van der Waals surface area contributed by atoms with Crippen LogP contribution in [0.1, 0.15) is 0 Å². The van der Waals surface area contributed by atoms with Gasteiger partial charge in [0.2, 0.25) is 0 Å². The van der Waals surface area contributed by atoms with E-state index in [0.29, 0.717) is 0 Å². The zero-order valence-corrected chi connectivity index (χ0v) is 25.8. The van der Waals surface area contributed by atoms with Crippen LogP contribution in [0.25, 0.3) is 76.4 Å². The predicted octanol–water partition coefficient (Wildman–Crippen LogP) is 10.4. The molecule has 0 unspecified atom stereocenters. The summed E-state index contributed by atoms with van der Waals surface area (Å²) in [6, 6.07) is 55.6. The summed E-state index contributed by atoms with van der Waals surface area (Å²) in [6.07, 6.45) is 0. The third-order valence-electron chi connectivity index (χ3n) is 10.9. The van der Waals surface area contributed by atoms with Gasteiger partial charge in [0, 0.05) is 60.2 Å². The zero-order valence-electron chi connectivity index (χ0n) is 25.8.